The Morgan fingerprint density at radius 3 is 2.14 bits per heavy atom. The van der Waals surface area contributed by atoms with Crippen molar-refractivity contribution in [3.63, 3.8) is 0 Å². The second-order valence-electron chi connectivity index (χ2n) is 1.85. The topological polar surface area (TPSA) is 43.1 Å². The van der Waals surface area contributed by atoms with Crippen LogP contribution in [-0.4, -0.2) is 11.5 Å². The fraction of sp³-hybridized carbons (Fsp3) is 0. The van der Waals surface area contributed by atoms with Crippen LogP contribution in [0.4, 0.5) is 0 Å². The Morgan fingerprint density at radius 2 is 2.14 bits per heavy atom. The van der Waals surface area contributed by atoms with Crippen molar-refractivity contribution in [2.24, 2.45) is 5.14 Å². The van der Waals surface area contributed by atoms with Crippen LogP contribution < -0.4 is 5.14 Å². The van der Waals surface area contributed by atoms with Gasteiger partial charge in [-0.1, -0.05) is 5.87 Å². The van der Waals surface area contributed by atoms with Crippen LogP contribution in [0, 0.1) is 0 Å². The first-order valence-corrected chi connectivity index (χ1v) is 4.26. The van der Waals surface area contributed by atoms with Crippen molar-refractivity contribution in [3.8, 4) is 0 Å². The Hall–Kier alpha value is -0.410. The molecule has 0 fully saturated rings. The molecule has 0 aliphatic carbocycles. The van der Waals surface area contributed by atoms with Gasteiger partial charge in [0.1, 0.15) is 0 Å². The molecule has 0 aromatic rings. The van der Waals surface area contributed by atoms with Crippen LogP contribution in [-0.2, 0) is 4.79 Å². The number of hydrogen-bond acceptors (Lipinski definition) is 2. The van der Waals surface area contributed by atoms with Gasteiger partial charge in [0.15, 0.2) is 5.62 Å². The molecular weight excluding hydrogens is 110 g/mol. The molecule has 0 spiro atoms. The minimum absolute atomic E-state index is 0.733. The third-order valence-electron chi connectivity index (χ3n) is 0.878. The predicted octanol–water partition coefficient (Wildman–Crippen LogP) is 0.307. The van der Waals surface area contributed by atoms with E-state index in [1.807, 2.05) is 0 Å². The largest absolute Gasteiger partial charge is 0.291 e. The second kappa shape index (κ2) is 0.743. The third-order valence-corrected chi connectivity index (χ3v) is 2.63. The summed E-state index contributed by atoms with van der Waals surface area (Å²) in [6.07, 6.45) is 0. The Kier molecular flexibility index (Phi) is 0.503. The molecule has 0 unspecified atom stereocenters. The number of hydrogen-bond donors (Lipinski definition) is 1. The first-order valence-electron chi connectivity index (χ1n) is 1.80. The fourth-order valence-corrected chi connectivity index (χ4v) is 1.12. The van der Waals surface area contributed by atoms with Crippen molar-refractivity contribution in [1.82, 2.24) is 0 Å². The SMILES string of the molecule is C=S1(N)(C=O)C=C1. The molecule has 0 amide bonds. The zero-order valence-corrected chi connectivity index (χ0v) is 4.65. The van der Waals surface area contributed by atoms with E-state index >= 15 is 0 Å². The molecule has 2 nitrogen and oxygen atoms in total. The lowest BCUT2D eigenvalue weighted by atomic mass is 11.3. The van der Waals surface area contributed by atoms with E-state index in [0.29, 0.717) is 0 Å². The minimum atomic E-state index is -2.30. The quantitative estimate of drug-likeness (QED) is 0.396. The van der Waals surface area contributed by atoms with Gasteiger partial charge in [-0.3, -0.25) is 9.93 Å². The van der Waals surface area contributed by atoms with Gasteiger partial charge in [0.25, 0.3) is 0 Å². The molecule has 1 heterocycles. The highest BCUT2D eigenvalue weighted by atomic mass is 32.3. The van der Waals surface area contributed by atoms with E-state index < -0.39 is 8.94 Å². The molecule has 40 valence electrons. The van der Waals surface area contributed by atoms with Crippen LogP contribution in [0.3, 0.4) is 0 Å². The molecular formula is C4H7NOS. The van der Waals surface area contributed by atoms with Gasteiger partial charge < -0.3 is 0 Å². The summed E-state index contributed by atoms with van der Waals surface area (Å²) < 4.78 is 0. The van der Waals surface area contributed by atoms with Gasteiger partial charge in [0.2, 0.25) is 0 Å². The highest BCUT2D eigenvalue weighted by Gasteiger charge is 2.27. The summed E-state index contributed by atoms with van der Waals surface area (Å²) in [5.74, 6) is 3.54. The van der Waals surface area contributed by atoms with Crippen molar-refractivity contribution in [2.75, 3.05) is 0 Å². The smallest absolute Gasteiger partial charge is 0.172 e. The standard InChI is InChI=1S/C4H7NOS/c1-7(5,4-6)2-3-7/h2-4H,1,5H2. The molecule has 0 saturated heterocycles. The highest BCUT2D eigenvalue weighted by molar-refractivity contribution is 8.62. The lowest BCUT2D eigenvalue weighted by Crippen LogP contribution is -2.01. The first-order chi connectivity index (χ1) is 3.05. The number of carbonyl (C=O) groups is 1. The molecule has 0 radical (unpaired) electrons. The Balaban J connectivity index is 3.04. The summed E-state index contributed by atoms with van der Waals surface area (Å²) in [6, 6.07) is 0. The van der Waals surface area contributed by atoms with E-state index in [-0.39, 0.29) is 0 Å². The van der Waals surface area contributed by atoms with Crippen molar-refractivity contribution < 1.29 is 4.79 Å². The van der Waals surface area contributed by atoms with E-state index in [2.05, 4.69) is 5.87 Å². The molecule has 0 saturated carbocycles. The monoisotopic (exact) mass is 117 g/mol. The third kappa shape index (κ3) is 0.642. The van der Waals surface area contributed by atoms with E-state index in [1.165, 1.54) is 0 Å². The Morgan fingerprint density at radius 1 is 1.71 bits per heavy atom. The summed E-state index contributed by atoms with van der Waals surface area (Å²) >= 11 is 0. The molecule has 1 aliphatic rings. The first kappa shape index (κ1) is 4.74. The molecule has 0 aromatic carbocycles. The Labute approximate surface area is 42.0 Å². The highest BCUT2D eigenvalue weighted by Crippen LogP contribution is 2.61. The molecule has 0 atom stereocenters. The fourth-order valence-electron chi connectivity index (χ4n) is 0.168. The average Bonchev–Trinajstić information content (AvgIpc) is 2.20. The average molecular weight is 117 g/mol. The molecule has 2 N–H and O–H groups in total. The van der Waals surface area contributed by atoms with Crippen LogP contribution in [0.5, 0.6) is 0 Å². The van der Waals surface area contributed by atoms with Gasteiger partial charge in [0, 0.05) is 0 Å². The van der Waals surface area contributed by atoms with Crippen LogP contribution in [0.1, 0.15) is 0 Å². The van der Waals surface area contributed by atoms with Gasteiger partial charge in [-0.05, 0) is 10.8 Å². The maximum atomic E-state index is 10.0. The summed E-state index contributed by atoms with van der Waals surface area (Å²) in [4.78, 5) is 10.0. The lowest BCUT2D eigenvalue weighted by molar-refractivity contribution is 0.569. The van der Waals surface area contributed by atoms with E-state index in [4.69, 9.17) is 5.14 Å². The molecule has 1 rings (SSSR count). The number of nitrogens with two attached hydrogens (primary N) is 1. The summed E-state index contributed by atoms with van der Waals surface area (Å²) in [6.45, 7) is 0. The van der Waals surface area contributed by atoms with Gasteiger partial charge in [0.05, 0.1) is 0 Å². The van der Waals surface area contributed by atoms with Crippen LogP contribution >= 0.6 is 8.94 Å². The van der Waals surface area contributed by atoms with E-state index in [9.17, 15) is 4.79 Å². The maximum absolute atomic E-state index is 10.0. The maximum Gasteiger partial charge on any atom is 0.172 e. The number of rotatable bonds is 1. The van der Waals surface area contributed by atoms with Crippen LogP contribution in [0.2, 0.25) is 0 Å². The van der Waals surface area contributed by atoms with Gasteiger partial charge in [-0.2, -0.15) is 0 Å². The number of carbonyl (C=O) groups excluding carboxylic acids is 1. The predicted molar refractivity (Wildman–Crippen MR) is 34.8 cm³/mol. The molecule has 1 aliphatic heterocycles. The zero-order valence-electron chi connectivity index (χ0n) is 3.83. The minimum Gasteiger partial charge on any atom is -0.291 e. The van der Waals surface area contributed by atoms with Gasteiger partial charge in [-0.15, -0.1) is 8.94 Å². The van der Waals surface area contributed by atoms with Gasteiger partial charge >= 0.3 is 0 Å². The van der Waals surface area contributed by atoms with Crippen molar-refractivity contribution >= 4 is 20.4 Å². The van der Waals surface area contributed by atoms with Crippen molar-refractivity contribution in [2.45, 2.75) is 0 Å². The van der Waals surface area contributed by atoms with Gasteiger partial charge in [-0.25, -0.2) is 0 Å². The normalized spacial score (nSPS) is 35.3. The second-order valence-corrected chi connectivity index (χ2v) is 5.55. The zero-order chi connectivity index (χ0) is 5.57. The van der Waals surface area contributed by atoms with Crippen LogP contribution in [0.15, 0.2) is 10.8 Å². The van der Waals surface area contributed by atoms with Crippen molar-refractivity contribution in [3.05, 3.63) is 10.8 Å². The van der Waals surface area contributed by atoms with E-state index in [0.717, 1.165) is 5.62 Å². The Bertz CT molecular complexity index is 194. The molecule has 3 heteroatoms. The van der Waals surface area contributed by atoms with E-state index in [1.54, 1.807) is 10.8 Å². The lowest BCUT2D eigenvalue weighted by Gasteiger charge is -2.12. The molecule has 0 bridgehead atoms. The summed E-state index contributed by atoms with van der Waals surface area (Å²) in [5.41, 5.74) is 0.733. The van der Waals surface area contributed by atoms with Crippen LogP contribution in [0.25, 0.3) is 0 Å². The summed E-state index contributed by atoms with van der Waals surface area (Å²) in [7, 11) is -2.30. The molecule has 0 aromatic heterocycles. The molecule has 7 heavy (non-hydrogen) atoms. The van der Waals surface area contributed by atoms with Crippen molar-refractivity contribution in [1.29, 1.82) is 0 Å². The summed E-state index contributed by atoms with van der Waals surface area (Å²) in [5, 5.41) is 8.75.